The van der Waals surface area contributed by atoms with Gasteiger partial charge in [-0.25, -0.2) is 8.42 Å². The van der Waals surface area contributed by atoms with Crippen LogP contribution in [0.25, 0.3) is 0 Å². The van der Waals surface area contributed by atoms with E-state index in [0.717, 1.165) is 18.4 Å². The molecule has 4 rings (SSSR count). The second-order valence-electron chi connectivity index (χ2n) is 7.88. The Morgan fingerprint density at radius 2 is 1.90 bits per heavy atom. The number of rotatable bonds is 6. The first-order valence-corrected chi connectivity index (χ1v) is 12.6. The van der Waals surface area contributed by atoms with Crippen LogP contribution in [-0.4, -0.2) is 43.8 Å². The van der Waals surface area contributed by atoms with E-state index in [0.29, 0.717) is 24.1 Å². The fraction of sp³-hybridized carbons (Fsp3) is 0.381. The number of hydrogen-bond donors (Lipinski definition) is 3. The summed E-state index contributed by atoms with van der Waals surface area (Å²) in [5.74, 6) is -1.77. The molecule has 1 aliphatic heterocycles. The van der Waals surface area contributed by atoms with Crippen LogP contribution >= 0.6 is 27.5 Å². The summed E-state index contributed by atoms with van der Waals surface area (Å²) in [6.45, 7) is 0.959. The second-order valence-corrected chi connectivity index (χ2v) is 11.2. The Hall–Kier alpha value is -1.81. The van der Waals surface area contributed by atoms with E-state index in [-0.39, 0.29) is 38.8 Å². The Morgan fingerprint density at radius 3 is 2.55 bits per heavy atom. The molecule has 2 aromatic rings. The number of phenols is 2. The van der Waals surface area contributed by atoms with E-state index in [2.05, 4.69) is 21.2 Å². The van der Waals surface area contributed by atoms with Crippen LogP contribution < -0.4 is 5.32 Å². The van der Waals surface area contributed by atoms with Gasteiger partial charge in [-0.15, -0.1) is 0 Å². The number of sulfone groups is 1. The minimum absolute atomic E-state index is 0.0398. The maximum atomic E-state index is 13.1. The Balaban J connectivity index is 1.71. The van der Waals surface area contributed by atoms with E-state index in [4.69, 9.17) is 16.3 Å². The molecule has 1 heterocycles. The van der Waals surface area contributed by atoms with E-state index in [9.17, 15) is 23.4 Å². The number of phenolic OH excluding ortho intramolecular Hbond substituents is 2. The standard InChI is InChI=1S/C21H21BrClNO6S/c22-14-7-17(23)20(26)18(8-14)31(28,29)10-13-5-12(11-1-2-11)6-16(19(13)25)21(27)24-15-3-4-30-9-15/h5-8,11,15,25-26H,1-4,9-10H2,(H,24,27)/t15-/m0/s1. The highest BCUT2D eigenvalue weighted by molar-refractivity contribution is 9.10. The molecular formula is C21H21BrClNO6S. The van der Waals surface area contributed by atoms with E-state index in [1.807, 2.05) is 0 Å². The van der Waals surface area contributed by atoms with E-state index in [1.165, 1.54) is 12.1 Å². The quantitative estimate of drug-likeness (QED) is 0.522. The molecule has 0 unspecified atom stereocenters. The zero-order chi connectivity index (χ0) is 22.3. The number of carbonyl (C=O) groups excluding carboxylic acids is 1. The molecule has 1 amide bonds. The molecule has 10 heteroatoms. The molecule has 0 bridgehead atoms. The summed E-state index contributed by atoms with van der Waals surface area (Å²) in [7, 11) is -4.07. The molecule has 0 radical (unpaired) electrons. The van der Waals surface area contributed by atoms with Gasteiger partial charge in [0.25, 0.3) is 5.91 Å². The number of hydrogen-bond acceptors (Lipinski definition) is 6. The topological polar surface area (TPSA) is 113 Å². The molecule has 0 spiro atoms. The van der Waals surface area contributed by atoms with Gasteiger partial charge in [0.05, 0.1) is 29.0 Å². The minimum Gasteiger partial charge on any atom is -0.507 e. The highest BCUT2D eigenvalue weighted by Gasteiger charge is 2.30. The van der Waals surface area contributed by atoms with Crippen LogP contribution in [0.15, 0.2) is 33.6 Å². The average Bonchev–Trinajstić information content (AvgIpc) is 3.43. The van der Waals surface area contributed by atoms with Gasteiger partial charge < -0.3 is 20.3 Å². The van der Waals surface area contributed by atoms with E-state index in [1.54, 1.807) is 12.1 Å². The Morgan fingerprint density at radius 1 is 1.16 bits per heavy atom. The van der Waals surface area contributed by atoms with Gasteiger partial charge in [0.1, 0.15) is 10.6 Å². The molecule has 2 fully saturated rings. The predicted molar refractivity (Wildman–Crippen MR) is 118 cm³/mol. The Labute approximate surface area is 193 Å². The largest absolute Gasteiger partial charge is 0.507 e. The molecular weight excluding hydrogens is 510 g/mol. The summed E-state index contributed by atoms with van der Waals surface area (Å²) < 4.78 is 31.8. The Bertz CT molecular complexity index is 1140. The van der Waals surface area contributed by atoms with Crippen LogP contribution in [-0.2, 0) is 20.3 Å². The number of nitrogens with one attached hydrogen (secondary N) is 1. The van der Waals surface area contributed by atoms with Gasteiger partial charge >= 0.3 is 0 Å². The summed E-state index contributed by atoms with van der Waals surface area (Å²) in [6, 6.07) is 5.74. The maximum Gasteiger partial charge on any atom is 0.255 e. The lowest BCUT2D eigenvalue weighted by Gasteiger charge is -2.16. The molecule has 2 aliphatic rings. The summed E-state index contributed by atoms with van der Waals surface area (Å²) in [5.41, 5.74) is 0.957. The van der Waals surface area contributed by atoms with Gasteiger partial charge in [-0.2, -0.15) is 0 Å². The number of amides is 1. The molecule has 2 aromatic carbocycles. The summed E-state index contributed by atoms with van der Waals surface area (Å²) >= 11 is 9.10. The molecule has 31 heavy (non-hydrogen) atoms. The first-order chi connectivity index (χ1) is 14.7. The van der Waals surface area contributed by atoms with Crippen molar-refractivity contribution in [2.75, 3.05) is 13.2 Å². The summed E-state index contributed by atoms with van der Waals surface area (Å²) in [6.07, 6.45) is 2.56. The van der Waals surface area contributed by atoms with Crippen LogP contribution in [0.5, 0.6) is 11.5 Å². The van der Waals surface area contributed by atoms with Crippen molar-refractivity contribution in [1.82, 2.24) is 5.32 Å². The SMILES string of the molecule is O=C(N[C@H]1CCOC1)c1cc(C2CC2)cc(CS(=O)(=O)c2cc(Br)cc(Cl)c2O)c1O. The normalized spacial score (nSPS) is 18.8. The van der Waals surface area contributed by atoms with E-state index < -0.39 is 27.2 Å². The number of ether oxygens (including phenoxy) is 1. The minimum atomic E-state index is -4.07. The highest BCUT2D eigenvalue weighted by Crippen LogP contribution is 2.43. The zero-order valence-corrected chi connectivity index (χ0v) is 19.6. The van der Waals surface area contributed by atoms with Crippen molar-refractivity contribution in [2.45, 2.75) is 41.9 Å². The lowest BCUT2D eigenvalue weighted by atomic mass is 10.0. The molecule has 1 atom stereocenters. The van der Waals surface area contributed by atoms with Gasteiger partial charge in [-0.3, -0.25) is 4.79 Å². The predicted octanol–water partition coefficient (Wildman–Crippen LogP) is 3.88. The molecule has 1 saturated carbocycles. The molecule has 7 nitrogen and oxygen atoms in total. The monoisotopic (exact) mass is 529 g/mol. The van der Waals surface area contributed by atoms with Crippen molar-refractivity contribution >= 4 is 43.3 Å². The smallest absolute Gasteiger partial charge is 0.255 e. The van der Waals surface area contributed by atoms with E-state index >= 15 is 0 Å². The summed E-state index contributed by atoms with van der Waals surface area (Å²) in [5, 5.41) is 23.7. The highest BCUT2D eigenvalue weighted by atomic mass is 79.9. The fourth-order valence-corrected chi connectivity index (χ4v) is 6.14. The third kappa shape index (κ3) is 4.84. The van der Waals surface area contributed by atoms with Crippen molar-refractivity contribution in [3.8, 4) is 11.5 Å². The summed E-state index contributed by atoms with van der Waals surface area (Å²) in [4.78, 5) is 12.5. The second kappa shape index (κ2) is 8.61. The van der Waals surface area contributed by atoms with Crippen LogP contribution in [0.1, 0.15) is 46.7 Å². The fourth-order valence-electron chi connectivity index (χ4n) is 3.63. The zero-order valence-electron chi connectivity index (χ0n) is 16.4. The van der Waals surface area contributed by atoms with Gasteiger partial charge in [-0.05, 0) is 48.9 Å². The molecule has 3 N–H and O–H groups in total. The average molecular weight is 531 g/mol. The lowest BCUT2D eigenvalue weighted by molar-refractivity contribution is 0.0927. The van der Waals surface area contributed by atoms with Crippen LogP contribution in [0.4, 0.5) is 0 Å². The number of carbonyl (C=O) groups is 1. The number of halogens is 2. The van der Waals surface area contributed by atoms with Crippen LogP contribution in [0.2, 0.25) is 5.02 Å². The first-order valence-electron chi connectivity index (χ1n) is 9.81. The van der Waals surface area contributed by atoms with Crippen molar-refractivity contribution in [3.05, 3.63) is 50.5 Å². The third-order valence-corrected chi connectivity index (χ3v) is 7.86. The molecule has 166 valence electrons. The van der Waals surface area contributed by atoms with Gasteiger partial charge in [0, 0.05) is 16.6 Å². The van der Waals surface area contributed by atoms with Gasteiger partial charge in [-0.1, -0.05) is 33.6 Å². The molecule has 1 aliphatic carbocycles. The van der Waals surface area contributed by atoms with Crippen LogP contribution in [0.3, 0.4) is 0 Å². The third-order valence-electron chi connectivity index (χ3n) is 5.44. The van der Waals surface area contributed by atoms with Crippen molar-refractivity contribution in [3.63, 3.8) is 0 Å². The van der Waals surface area contributed by atoms with Gasteiger partial charge in [0.2, 0.25) is 0 Å². The Kier molecular flexibility index (Phi) is 6.22. The first kappa shape index (κ1) is 22.4. The van der Waals surface area contributed by atoms with Gasteiger partial charge in [0.15, 0.2) is 15.6 Å². The van der Waals surface area contributed by atoms with Crippen molar-refractivity contribution in [2.24, 2.45) is 0 Å². The van der Waals surface area contributed by atoms with Crippen molar-refractivity contribution in [1.29, 1.82) is 0 Å². The van der Waals surface area contributed by atoms with Crippen LogP contribution in [0, 0.1) is 0 Å². The number of aromatic hydroxyl groups is 2. The molecule has 0 aromatic heterocycles. The van der Waals surface area contributed by atoms with Crippen molar-refractivity contribution < 1.29 is 28.2 Å². The molecule has 1 saturated heterocycles. The lowest BCUT2D eigenvalue weighted by Crippen LogP contribution is -2.35. The number of benzene rings is 2. The maximum absolute atomic E-state index is 13.1.